The molecule has 1 fully saturated rings. The van der Waals surface area contributed by atoms with Crippen LogP contribution in [0.2, 0.25) is 5.02 Å². The first-order valence-electron chi connectivity index (χ1n) is 9.18. The smallest absolute Gasteiger partial charge is 0.310 e. The quantitative estimate of drug-likeness (QED) is 0.701. The Bertz CT molecular complexity index is 1040. The number of carboxylic acids is 1. The average Bonchev–Trinajstić information content (AvgIpc) is 3.17. The summed E-state index contributed by atoms with van der Waals surface area (Å²) in [6.07, 6.45) is 2.75. The van der Waals surface area contributed by atoms with Gasteiger partial charge in [-0.25, -0.2) is 4.98 Å². The van der Waals surface area contributed by atoms with E-state index in [-0.39, 0.29) is 5.91 Å². The lowest BCUT2D eigenvalue weighted by molar-refractivity contribution is -0.151. The number of halogens is 1. The number of imidazole rings is 1. The van der Waals surface area contributed by atoms with Crippen molar-refractivity contribution in [2.45, 2.75) is 19.3 Å². The van der Waals surface area contributed by atoms with Gasteiger partial charge in [-0.3, -0.25) is 9.59 Å². The predicted molar refractivity (Wildman–Crippen MR) is 106 cm³/mol. The van der Waals surface area contributed by atoms with Crippen LogP contribution in [-0.4, -0.2) is 44.9 Å². The van der Waals surface area contributed by atoms with Crippen LogP contribution < -0.4 is 0 Å². The van der Waals surface area contributed by atoms with E-state index in [4.69, 9.17) is 11.6 Å². The number of fused-ring (bicyclic) bond motifs is 1. The Morgan fingerprint density at radius 3 is 2.64 bits per heavy atom. The van der Waals surface area contributed by atoms with E-state index in [2.05, 4.69) is 9.97 Å². The van der Waals surface area contributed by atoms with Crippen LogP contribution in [0.4, 0.5) is 0 Å². The molecule has 3 aromatic rings. The third-order valence-electron chi connectivity index (χ3n) is 5.62. The maximum Gasteiger partial charge on any atom is 0.310 e. The third kappa shape index (κ3) is 3.36. The fourth-order valence-corrected chi connectivity index (χ4v) is 4.06. The van der Waals surface area contributed by atoms with Crippen molar-refractivity contribution in [2.24, 2.45) is 5.41 Å². The summed E-state index contributed by atoms with van der Waals surface area (Å²) in [5, 5.41) is 10.5. The second-order valence-electron chi connectivity index (χ2n) is 7.28. The molecule has 1 aromatic heterocycles. The lowest BCUT2D eigenvalue weighted by Gasteiger charge is -2.39. The fourth-order valence-electron chi connectivity index (χ4n) is 3.86. The minimum Gasteiger partial charge on any atom is -0.481 e. The van der Waals surface area contributed by atoms with Gasteiger partial charge in [0.05, 0.1) is 22.8 Å². The average molecular weight is 398 g/mol. The predicted octanol–water partition coefficient (Wildman–Crippen LogP) is 3.77. The van der Waals surface area contributed by atoms with Gasteiger partial charge in [-0.1, -0.05) is 29.8 Å². The molecular formula is C21H20ClN3O3. The first-order valence-corrected chi connectivity index (χ1v) is 9.55. The number of likely N-dealkylation sites (tertiary alicyclic amines) is 1. The maximum absolute atomic E-state index is 12.9. The highest BCUT2D eigenvalue weighted by Gasteiger charge is 2.42. The molecule has 2 aromatic carbocycles. The summed E-state index contributed by atoms with van der Waals surface area (Å²) in [5.41, 5.74) is 2.11. The van der Waals surface area contributed by atoms with Crippen LogP contribution in [-0.2, 0) is 11.2 Å². The van der Waals surface area contributed by atoms with Crippen LogP contribution in [0.3, 0.4) is 0 Å². The van der Waals surface area contributed by atoms with Crippen molar-refractivity contribution in [3.05, 3.63) is 64.9 Å². The monoisotopic (exact) mass is 397 g/mol. The molecule has 0 spiro atoms. The topological polar surface area (TPSA) is 86.3 Å². The summed E-state index contributed by atoms with van der Waals surface area (Å²) in [6.45, 7) is 0.799. The molecule has 2 N–H and O–H groups in total. The molecule has 2 heterocycles. The molecule has 1 saturated heterocycles. The number of aliphatic carboxylic acids is 1. The zero-order chi connectivity index (χ0) is 19.7. The molecule has 0 radical (unpaired) electrons. The van der Waals surface area contributed by atoms with Gasteiger partial charge in [0.2, 0.25) is 0 Å². The number of aromatic amines is 1. The van der Waals surface area contributed by atoms with Crippen molar-refractivity contribution in [3.8, 4) is 0 Å². The van der Waals surface area contributed by atoms with Gasteiger partial charge < -0.3 is 15.0 Å². The molecule has 0 aliphatic carbocycles. The van der Waals surface area contributed by atoms with Gasteiger partial charge in [-0.2, -0.15) is 0 Å². The van der Waals surface area contributed by atoms with Crippen molar-refractivity contribution < 1.29 is 14.7 Å². The number of carbonyl (C=O) groups is 2. The molecule has 7 heteroatoms. The van der Waals surface area contributed by atoms with Gasteiger partial charge in [0.15, 0.2) is 0 Å². The fraction of sp³-hybridized carbons (Fsp3) is 0.286. The second kappa shape index (κ2) is 7.28. The second-order valence-corrected chi connectivity index (χ2v) is 7.69. The van der Waals surface area contributed by atoms with Gasteiger partial charge in [0, 0.05) is 23.7 Å². The summed E-state index contributed by atoms with van der Waals surface area (Å²) >= 11 is 6.24. The van der Waals surface area contributed by atoms with Gasteiger partial charge in [0.25, 0.3) is 5.91 Å². The molecule has 6 nitrogen and oxygen atoms in total. The lowest BCUT2D eigenvalue weighted by atomic mass is 9.73. The van der Waals surface area contributed by atoms with E-state index in [9.17, 15) is 14.7 Å². The van der Waals surface area contributed by atoms with Gasteiger partial charge >= 0.3 is 5.97 Å². The third-order valence-corrected chi connectivity index (χ3v) is 5.98. The van der Waals surface area contributed by atoms with Crippen LogP contribution in [0.1, 0.15) is 28.8 Å². The number of amides is 1. The first-order chi connectivity index (χ1) is 13.5. The summed E-state index contributed by atoms with van der Waals surface area (Å²) in [5.74, 6) is -0.924. The van der Waals surface area contributed by atoms with Crippen LogP contribution >= 0.6 is 11.6 Å². The number of hydrogen-bond donors (Lipinski definition) is 2. The Labute approximate surface area is 167 Å². The highest BCUT2D eigenvalue weighted by molar-refractivity contribution is 6.31. The number of nitrogens with zero attached hydrogens (tertiary/aromatic N) is 2. The van der Waals surface area contributed by atoms with E-state index >= 15 is 0 Å². The van der Waals surface area contributed by atoms with E-state index in [1.807, 2.05) is 24.3 Å². The molecule has 0 unspecified atom stereocenters. The lowest BCUT2D eigenvalue weighted by Crippen LogP contribution is -2.47. The van der Waals surface area contributed by atoms with Crippen molar-refractivity contribution in [2.75, 3.05) is 13.1 Å². The molecule has 28 heavy (non-hydrogen) atoms. The molecule has 1 amide bonds. The molecule has 0 bridgehead atoms. The number of hydrogen-bond acceptors (Lipinski definition) is 3. The van der Waals surface area contributed by atoms with Crippen molar-refractivity contribution in [3.63, 3.8) is 0 Å². The van der Waals surface area contributed by atoms with Gasteiger partial charge in [-0.05, 0) is 49.1 Å². The minimum absolute atomic E-state index is 0.0896. The largest absolute Gasteiger partial charge is 0.481 e. The zero-order valence-electron chi connectivity index (χ0n) is 15.2. The Hall–Kier alpha value is -2.86. The van der Waals surface area contributed by atoms with Crippen molar-refractivity contribution >= 4 is 34.5 Å². The molecule has 0 atom stereocenters. The van der Waals surface area contributed by atoms with E-state index in [1.54, 1.807) is 29.4 Å². The molecule has 1 aliphatic rings. The summed E-state index contributed by atoms with van der Waals surface area (Å²) in [7, 11) is 0. The zero-order valence-corrected chi connectivity index (χ0v) is 15.9. The normalized spacial score (nSPS) is 16.2. The van der Waals surface area contributed by atoms with E-state index in [0.29, 0.717) is 42.9 Å². The molecular weight excluding hydrogens is 378 g/mol. The summed E-state index contributed by atoms with van der Waals surface area (Å²) < 4.78 is 0. The molecule has 0 saturated carbocycles. The number of carboxylic acid groups (broad SMARTS) is 1. The Morgan fingerprint density at radius 2 is 1.93 bits per heavy atom. The van der Waals surface area contributed by atoms with Crippen LogP contribution in [0, 0.1) is 5.41 Å². The number of benzene rings is 2. The number of piperidine rings is 1. The molecule has 4 rings (SSSR count). The van der Waals surface area contributed by atoms with E-state index < -0.39 is 11.4 Å². The standard InChI is InChI=1S/C21H20ClN3O3/c22-16-4-2-1-3-15(16)12-21(20(27)28)7-9-25(10-8-21)19(26)14-5-6-17-18(11-14)24-13-23-17/h1-6,11,13H,7-10,12H2,(H,23,24)(H,27,28). The number of carbonyl (C=O) groups excluding carboxylic acids is 1. The van der Waals surface area contributed by atoms with E-state index in [0.717, 1.165) is 16.6 Å². The minimum atomic E-state index is -0.908. The molecule has 1 aliphatic heterocycles. The highest BCUT2D eigenvalue weighted by Crippen LogP contribution is 2.37. The summed E-state index contributed by atoms with van der Waals surface area (Å²) in [6, 6.07) is 12.7. The Morgan fingerprint density at radius 1 is 1.18 bits per heavy atom. The SMILES string of the molecule is O=C(c1ccc2nc[nH]c2c1)N1CCC(Cc2ccccc2Cl)(C(=O)O)CC1. The van der Waals surface area contributed by atoms with Crippen LogP contribution in [0.5, 0.6) is 0 Å². The Kier molecular flexibility index (Phi) is 4.81. The van der Waals surface area contributed by atoms with Crippen LogP contribution in [0.15, 0.2) is 48.8 Å². The summed E-state index contributed by atoms with van der Waals surface area (Å²) in [4.78, 5) is 33.9. The highest BCUT2D eigenvalue weighted by atomic mass is 35.5. The number of aromatic nitrogens is 2. The maximum atomic E-state index is 12.9. The number of nitrogens with one attached hydrogen (secondary N) is 1. The van der Waals surface area contributed by atoms with Crippen LogP contribution in [0.25, 0.3) is 11.0 Å². The number of rotatable bonds is 4. The first kappa shape index (κ1) is 18.5. The molecule has 144 valence electrons. The van der Waals surface area contributed by atoms with Gasteiger partial charge in [-0.15, -0.1) is 0 Å². The number of H-pyrrole nitrogens is 1. The van der Waals surface area contributed by atoms with Gasteiger partial charge in [0.1, 0.15) is 0 Å². The Balaban J connectivity index is 1.50. The van der Waals surface area contributed by atoms with E-state index in [1.165, 1.54) is 0 Å². The van der Waals surface area contributed by atoms with Crippen molar-refractivity contribution in [1.82, 2.24) is 14.9 Å². The van der Waals surface area contributed by atoms with Crippen molar-refractivity contribution in [1.29, 1.82) is 0 Å².